The topological polar surface area (TPSA) is 111 Å². The number of hydrogen-bond donors (Lipinski definition) is 4. The van der Waals surface area contributed by atoms with E-state index >= 15 is 0 Å². The molecule has 0 radical (unpaired) electrons. The average Bonchev–Trinajstić information content (AvgIpc) is 3.01. The van der Waals surface area contributed by atoms with Gasteiger partial charge in [0.15, 0.2) is 0 Å². The quantitative estimate of drug-likeness (QED) is 0.232. The number of nitriles is 1. The number of ether oxygens (including phenoxy) is 1. The lowest BCUT2D eigenvalue weighted by molar-refractivity contribution is 0.0988. The average molecular weight is 641 g/mol. The summed E-state index contributed by atoms with van der Waals surface area (Å²) in [6.07, 6.45) is 8.42. The number of benzene rings is 2. The van der Waals surface area contributed by atoms with Crippen LogP contribution in [0.25, 0.3) is 0 Å². The van der Waals surface area contributed by atoms with E-state index in [9.17, 15) is 9.65 Å². The summed E-state index contributed by atoms with van der Waals surface area (Å²) < 4.78 is 19.4. The molecule has 234 valence electrons. The summed E-state index contributed by atoms with van der Waals surface area (Å²) >= 11 is 12.8. The van der Waals surface area contributed by atoms with E-state index in [0.29, 0.717) is 41.4 Å². The summed E-state index contributed by atoms with van der Waals surface area (Å²) in [6.45, 7) is 9.99. The fourth-order valence-corrected chi connectivity index (χ4v) is 6.38. The molecule has 3 unspecified atom stereocenters. The first-order valence-electron chi connectivity index (χ1n) is 15.0. The Morgan fingerprint density at radius 3 is 2.59 bits per heavy atom. The zero-order valence-electron chi connectivity index (χ0n) is 25.3. The highest BCUT2D eigenvalue weighted by atomic mass is 35.5. The van der Waals surface area contributed by atoms with Crippen molar-refractivity contribution in [2.75, 3.05) is 36.9 Å². The van der Waals surface area contributed by atoms with Crippen molar-refractivity contribution >= 4 is 46.5 Å². The molecule has 0 amide bonds. The third kappa shape index (κ3) is 7.49. The van der Waals surface area contributed by atoms with Crippen molar-refractivity contribution in [1.82, 2.24) is 10.2 Å². The first kappa shape index (κ1) is 32.1. The number of nitrogens with one attached hydrogen (secondary N) is 3. The molecule has 1 saturated heterocycles. The zero-order chi connectivity index (χ0) is 31.4. The minimum Gasteiger partial charge on any atom is -0.399 e. The van der Waals surface area contributed by atoms with Crippen LogP contribution >= 0.6 is 23.2 Å². The molecule has 5 rings (SSSR count). The molecule has 3 aliphatic heterocycles. The number of piperidine rings is 1. The van der Waals surface area contributed by atoms with Crippen molar-refractivity contribution in [3.8, 4) is 6.07 Å². The Bertz CT molecular complexity index is 1490. The first-order chi connectivity index (χ1) is 21.0. The minimum absolute atomic E-state index is 0.00939. The molecule has 11 heteroatoms. The van der Waals surface area contributed by atoms with Gasteiger partial charge in [-0.3, -0.25) is 9.89 Å². The standard InChI is InChI=1S/C33H40Cl2FN7O/c1-33(2,3)43-10-6-22(7-11-43)39-19-29(38)31(20-8-12-44-13-9-20)42-24-14-25-30(41-23-4-5-28(36)26(34)15-23)21(17-37)18-40-32(25)27(35)16-24/h4-5,8,14-16,18-19,21-22,30-31,39,41-42H,6-7,9-13,38H2,1-3H3. The molecule has 1 fully saturated rings. The minimum atomic E-state index is -0.592. The third-order valence-electron chi connectivity index (χ3n) is 8.49. The fourth-order valence-electron chi connectivity index (χ4n) is 5.93. The molecule has 3 atom stereocenters. The molecule has 0 spiro atoms. The van der Waals surface area contributed by atoms with Gasteiger partial charge in [0.1, 0.15) is 11.7 Å². The maximum absolute atomic E-state index is 13.8. The van der Waals surface area contributed by atoms with Crippen molar-refractivity contribution in [3.05, 3.63) is 75.3 Å². The maximum Gasteiger partial charge on any atom is 0.141 e. The van der Waals surface area contributed by atoms with Crippen molar-refractivity contribution in [1.29, 1.82) is 5.26 Å². The number of nitrogens with zero attached hydrogens (tertiary/aromatic N) is 3. The zero-order valence-corrected chi connectivity index (χ0v) is 26.9. The summed E-state index contributed by atoms with van der Waals surface area (Å²) in [4.78, 5) is 7.02. The number of anilines is 2. The van der Waals surface area contributed by atoms with Gasteiger partial charge in [-0.1, -0.05) is 29.3 Å². The number of hydrogen-bond acceptors (Lipinski definition) is 8. The number of halogens is 3. The van der Waals surface area contributed by atoms with E-state index in [-0.39, 0.29) is 16.6 Å². The number of fused-ring (bicyclic) bond motifs is 1. The van der Waals surface area contributed by atoms with Crippen LogP contribution in [0.3, 0.4) is 0 Å². The van der Waals surface area contributed by atoms with E-state index in [4.69, 9.17) is 33.7 Å². The number of rotatable bonds is 8. The normalized spacial score (nSPS) is 22.0. The molecular weight excluding hydrogens is 600 g/mol. The van der Waals surface area contributed by atoms with E-state index in [1.54, 1.807) is 12.3 Å². The van der Waals surface area contributed by atoms with Crippen LogP contribution in [-0.4, -0.2) is 55.0 Å². The van der Waals surface area contributed by atoms with Gasteiger partial charge in [-0.25, -0.2) is 4.39 Å². The molecule has 5 N–H and O–H groups in total. The summed E-state index contributed by atoms with van der Waals surface area (Å²) in [5.41, 5.74) is 11.4. The van der Waals surface area contributed by atoms with Gasteiger partial charge < -0.3 is 26.4 Å². The second-order valence-electron chi connectivity index (χ2n) is 12.5. The number of nitrogens with two attached hydrogens (primary N) is 1. The Morgan fingerprint density at radius 1 is 1.18 bits per heavy atom. The van der Waals surface area contributed by atoms with Gasteiger partial charge in [0, 0.05) is 54.0 Å². The highest BCUT2D eigenvalue weighted by Crippen LogP contribution is 2.43. The lowest BCUT2D eigenvalue weighted by Gasteiger charge is -2.41. The SMILES string of the molecule is CC(C)(C)N1CCC(NC=C(N)C(Nc2cc(Cl)c3c(c2)C(Nc2ccc(F)c(Cl)c2)C(C#N)C=N3)C2=CCOCC2)CC1. The molecule has 2 aromatic carbocycles. The molecule has 2 aromatic rings. The van der Waals surface area contributed by atoms with E-state index < -0.39 is 17.8 Å². The Morgan fingerprint density at radius 2 is 1.93 bits per heavy atom. The van der Waals surface area contributed by atoms with Crippen LogP contribution in [0, 0.1) is 23.1 Å². The van der Waals surface area contributed by atoms with Crippen molar-refractivity contribution in [3.63, 3.8) is 0 Å². The van der Waals surface area contributed by atoms with Gasteiger partial charge in [-0.05, 0) is 75.9 Å². The van der Waals surface area contributed by atoms with E-state index in [0.717, 1.165) is 49.2 Å². The molecule has 0 aromatic heterocycles. The van der Waals surface area contributed by atoms with Crippen molar-refractivity contribution in [2.45, 2.75) is 63.7 Å². The summed E-state index contributed by atoms with van der Waals surface area (Å²) in [6, 6.07) is 10.0. The summed E-state index contributed by atoms with van der Waals surface area (Å²) in [7, 11) is 0. The predicted molar refractivity (Wildman–Crippen MR) is 177 cm³/mol. The fraction of sp³-hybridized carbons (Fsp3) is 0.455. The highest BCUT2D eigenvalue weighted by molar-refractivity contribution is 6.33. The van der Waals surface area contributed by atoms with Gasteiger partial charge >= 0.3 is 0 Å². The molecule has 0 bridgehead atoms. The monoisotopic (exact) mass is 639 g/mol. The molecule has 0 saturated carbocycles. The molecule has 0 aliphatic carbocycles. The molecule has 3 heterocycles. The number of aliphatic imine (C=N–C) groups is 1. The van der Waals surface area contributed by atoms with Crippen LogP contribution in [-0.2, 0) is 4.74 Å². The largest absolute Gasteiger partial charge is 0.399 e. The van der Waals surface area contributed by atoms with Crippen LogP contribution in [0.4, 0.5) is 21.5 Å². The Balaban J connectivity index is 1.40. The Hall–Kier alpha value is -3.29. The van der Waals surface area contributed by atoms with Crippen LogP contribution in [0.2, 0.25) is 10.0 Å². The van der Waals surface area contributed by atoms with Gasteiger partial charge in [0.05, 0.1) is 52.8 Å². The van der Waals surface area contributed by atoms with Gasteiger partial charge in [-0.2, -0.15) is 5.26 Å². The molecule has 3 aliphatic rings. The van der Waals surface area contributed by atoms with Crippen molar-refractivity contribution in [2.24, 2.45) is 16.6 Å². The summed E-state index contributed by atoms with van der Waals surface area (Å²) in [5.74, 6) is -1.11. The van der Waals surface area contributed by atoms with Gasteiger partial charge in [0.2, 0.25) is 0 Å². The van der Waals surface area contributed by atoms with Gasteiger partial charge in [0.25, 0.3) is 0 Å². The van der Waals surface area contributed by atoms with Crippen molar-refractivity contribution < 1.29 is 9.13 Å². The van der Waals surface area contributed by atoms with Crippen LogP contribution in [0.15, 0.2) is 58.9 Å². The summed E-state index contributed by atoms with van der Waals surface area (Å²) in [5, 5.41) is 20.9. The third-order valence-corrected chi connectivity index (χ3v) is 9.06. The van der Waals surface area contributed by atoms with E-state index in [1.165, 1.54) is 12.1 Å². The van der Waals surface area contributed by atoms with Crippen LogP contribution in [0.1, 0.15) is 51.6 Å². The lowest BCUT2D eigenvalue weighted by Crippen LogP contribution is -2.49. The predicted octanol–water partition coefficient (Wildman–Crippen LogP) is 6.92. The highest BCUT2D eigenvalue weighted by Gasteiger charge is 2.31. The maximum atomic E-state index is 13.8. The van der Waals surface area contributed by atoms with Crippen LogP contribution in [0.5, 0.6) is 0 Å². The Labute approximate surface area is 269 Å². The van der Waals surface area contributed by atoms with E-state index in [2.05, 4.69) is 58.8 Å². The second-order valence-corrected chi connectivity index (χ2v) is 13.3. The Kier molecular flexibility index (Phi) is 10.1. The van der Waals surface area contributed by atoms with Gasteiger partial charge in [-0.15, -0.1) is 0 Å². The van der Waals surface area contributed by atoms with E-state index in [1.807, 2.05) is 18.3 Å². The molecule has 44 heavy (non-hydrogen) atoms. The molecule has 8 nitrogen and oxygen atoms in total. The number of likely N-dealkylation sites (tertiary alicyclic amines) is 1. The molecular formula is C33H40Cl2FN7O. The smallest absolute Gasteiger partial charge is 0.141 e. The second kappa shape index (κ2) is 13.8. The van der Waals surface area contributed by atoms with Crippen LogP contribution < -0.4 is 21.7 Å². The lowest BCUT2D eigenvalue weighted by atomic mass is 9.90. The first-order valence-corrected chi connectivity index (χ1v) is 15.8.